The van der Waals surface area contributed by atoms with Crippen LogP contribution in [0.25, 0.3) is 11.2 Å². The van der Waals surface area contributed by atoms with Crippen molar-refractivity contribution in [2.24, 2.45) is 7.05 Å². The number of fused-ring (bicyclic) bond motifs is 1. The van der Waals surface area contributed by atoms with E-state index in [1.807, 2.05) is 6.92 Å². The predicted molar refractivity (Wildman–Crippen MR) is 119 cm³/mol. The van der Waals surface area contributed by atoms with Crippen LogP contribution in [0.2, 0.25) is 0 Å². The first kappa shape index (κ1) is 23.1. The van der Waals surface area contributed by atoms with Crippen LogP contribution in [0.5, 0.6) is 0 Å². The van der Waals surface area contributed by atoms with Gasteiger partial charge in [-0.25, -0.2) is 9.78 Å². The summed E-state index contributed by atoms with van der Waals surface area (Å²) in [6.45, 7) is 6.54. The zero-order valence-electron chi connectivity index (χ0n) is 18.6. The van der Waals surface area contributed by atoms with E-state index < -0.39 is 21.5 Å². The van der Waals surface area contributed by atoms with Crippen LogP contribution < -0.4 is 11.2 Å². The normalized spacial score (nSPS) is 19.7. The number of unbranched alkanes of at least 4 members (excludes halogenated alkanes) is 1. The summed E-state index contributed by atoms with van der Waals surface area (Å²) in [6.07, 6.45) is 1.73. The minimum atomic E-state index is -3.48. The number of hydrogen-bond donors (Lipinski definition) is 1. The number of nitrogens with zero attached hydrogens (tertiary/aromatic N) is 6. The van der Waals surface area contributed by atoms with Crippen molar-refractivity contribution in [2.75, 3.05) is 52.5 Å². The molecule has 0 radical (unpaired) electrons. The van der Waals surface area contributed by atoms with Crippen molar-refractivity contribution < 1.29 is 13.2 Å². The van der Waals surface area contributed by atoms with Gasteiger partial charge >= 0.3 is 5.69 Å². The number of ether oxygens (including phenoxy) is 1. The number of imidazole rings is 1. The Balaban J connectivity index is 1.49. The minimum absolute atomic E-state index is 0.379. The molecule has 0 atom stereocenters. The highest BCUT2D eigenvalue weighted by Crippen LogP contribution is 2.17. The van der Waals surface area contributed by atoms with E-state index in [0.29, 0.717) is 82.6 Å². The third-order valence-electron chi connectivity index (χ3n) is 6.16. The Kier molecular flexibility index (Phi) is 6.81. The van der Waals surface area contributed by atoms with Gasteiger partial charge in [0.15, 0.2) is 11.2 Å². The summed E-state index contributed by atoms with van der Waals surface area (Å²) in [5, 5.41) is 0. The summed E-state index contributed by atoms with van der Waals surface area (Å²) in [4.78, 5) is 33.9. The van der Waals surface area contributed by atoms with Gasteiger partial charge in [0.25, 0.3) is 15.8 Å². The maximum Gasteiger partial charge on any atom is 0.330 e. The van der Waals surface area contributed by atoms with Crippen LogP contribution in [0.3, 0.4) is 0 Å². The monoisotopic (exact) mass is 469 g/mol. The molecule has 0 aromatic carbocycles. The fourth-order valence-corrected chi connectivity index (χ4v) is 5.78. The first-order valence-electron chi connectivity index (χ1n) is 11.1. The standard InChI is InChI=1S/C19H31N7O5S/c1-3-4-5-26-17-16(18(27)21-19(26)28)22(2)15(20-17)14-23-6-8-24(9-7-23)32(29,30)25-10-12-31-13-11-25/h3-14H2,1-2H3,(H,21,27,28). The molecule has 2 aromatic heterocycles. The van der Waals surface area contributed by atoms with E-state index in [0.717, 1.165) is 12.8 Å². The Morgan fingerprint density at radius 3 is 2.34 bits per heavy atom. The molecule has 0 spiro atoms. The lowest BCUT2D eigenvalue weighted by Gasteiger charge is -2.37. The van der Waals surface area contributed by atoms with Crippen molar-refractivity contribution in [3.8, 4) is 0 Å². The Bertz CT molecular complexity index is 1170. The average molecular weight is 470 g/mol. The number of rotatable bonds is 7. The van der Waals surface area contributed by atoms with Gasteiger partial charge in [-0.3, -0.25) is 19.2 Å². The number of morpholine rings is 1. The molecule has 1 N–H and O–H groups in total. The summed E-state index contributed by atoms with van der Waals surface area (Å²) in [5.74, 6) is 0.672. The third kappa shape index (κ3) is 4.39. The molecule has 12 nitrogen and oxygen atoms in total. The molecule has 0 saturated carbocycles. The molecule has 2 saturated heterocycles. The van der Waals surface area contributed by atoms with Crippen LogP contribution in [-0.2, 0) is 35.1 Å². The highest BCUT2D eigenvalue weighted by atomic mass is 32.2. The first-order valence-corrected chi connectivity index (χ1v) is 12.5. The third-order valence-corrected chi connectivity index (χ3v) is 8.20. The van der Waals surface area contributed by atoms with Crippen molar-refractivity contribution >= 4 is 21.4 Å². The Morgan fingerprint density at radius 2 is 1.69 bits per heavy atom. The number of nitrogens with one attached hydrogen (secondary N) is 1. The van der Waals surface area contributed by atoms with E-state index in [9.17, 15) is 18.0 Å². The van der Waals surface area contributed by atoms with Gasteiger partial charge < -0.3 is 9.30 Å². The van der Waals surface area contributed by atoms with Crippen molar-refractivity contribution in [1.29, 1.82) is 0 Å². The molecular weight excluding hydrogens is 438 g/mol. The van der Waals surface area contributed by atoms with E-state index in [-0.39, 0.29) is 0 Å². The summed E-state index contributed by atoms with van der Waals surface area (Å²) >= 11 is 0. The highest BCUT2D eigenvalue weighted by Gasteiger charge is 2.33. The SMILES string of the molecule is CCCCn1c(=O)[nH]c(=O)c2c1nc(CN1CCN(S(=O)(=O)N3CCOCC3)CC1)n2C. The summed E-state index contributed by atoms with van der Waals surface area (Å²) in [7, 11) is -1.71. The zero-order chi connectivity index (χ0) is 22.9. The van der Waals surface area contributed by atoms with Gasteiger partial charge in [-0.15, -0.1) is 0 Å². The molecule has 178 valence electrons. The van der Waals surface area contributed by atoms with Crippen LogP contribution in [0.1, 0.15) is 25.6 Å². The van der Waals surface area contributed by atoms with Gasteiger partial charge in [0, 0.05) is 52.9 Å². The van der Waals surface area contributed by atoms with Crippen LogP contribution >= 0.6 is 0 Å². The fraction of sp³-hybridized carbons (Fsp3) is 0.737. The number of H-pyrrole nitrogens is 1. The Morgan fingerprint density at radius 1 is 1.03 bits per heavy atom. The van der Waals surface area contributed by atoms with Crippen molar-refractivity contribution in [3.63, 3.8) is 0 Å². The maximum absolute atomic E-state index is 12.9. The molecule has 2 aliphatic rings. The van der Waals surface area contributed by atoms with Crippen LogP contribution in [-0.4, -0.2) is 93.5 Å². The lowest BCUT2D eigenvalue weighted by atomic mass is 10.3. The molecule has 0 unspecified atom stereocenters. The number of aromatic nitrogens is 4. The molecule has 4 heterocycles. The van der Waals surface area contributed by atoms with Gasteiger partial charge in [0.05, 0.1) is 19.8 Å². The smallest absolute Gasteiger partial charge is 0.330 e. The Hall–Kier alpha value is -2.06. The number of hydrogen-bond acceptors (Lipinski definition) is 7. The molecule has 2 fully saturated rings. The topological polar surface area (TPSA) is 126 Å². The highest BCUT2D eigenvalue weighted by molar-refractivity contribution is 7.86. The van der Waals surface area contributed by atoms with E-state index in [1.165, 1.54) is 13.2 Å². The second-order valence-corrected chi connectivity index (χ2v) is 10.1. The zero-order valence-corrected chi connectivity index (χ0v) is 19.4. The second kappa shape index (κ2) is 9.43. The summed E-state index contributed by atoms with van der Waals surface area (Å²) in [5.41, 5.74) is -0.106. The first-order chi connectivity index (χ1) is 15.3. The number of aromatic amines is 1. The fourth-order valence-electron chi connectivity index (χ4n) is 4.22. The molecule has 4 rings (SSSR count). The lowest BCUT2D eigenvalue weighted by Crippen LogP contribution is -2.54. The predicted octanol–water partition coefficient (Wildman–Crippen LogP) is -1.08. The van der Waals surface area contributed by atoms with Gasteiger partial charge in [0.1, 0.15) is 5.82 Å². The molecule has 2 aliphatic heterocycles. The van der Waals surface area contributed by atoms with E-state index in [2.05, 4.69) is 14.9 Å². The summed E-state index contributed by atoms with van der Waals surface area (Å²) in [6, 6.07) is 0. The van der Waals surface area contributed by atoms with Gasteiger partial charge in [-0.2, -0.15) is 17.0 Å². The minimum Gasteiger partial charge on any atom is -0.379 e. The molecule has 0 amide bonds. The molecule has 13 heteroatoms. The van der Waals surface area contributed by atoms with E-state index in [1.54, 1.807) is 11.6 Å². The quantitative estimate of drug-likeness (QED) is 0.547. The molecule has 32 heavy (non-hydrogen) atoms. The molecule has 0 aliphatic carbocycles. The van der Waals surface area contributed by atoms with Crippen molar-refractivity contribution in [2.45, 2.75) is 32.9 Å². The largest absolute Gasteiger partial charge is 0.379 e. The average Bonchev–Trinajstić information content (AvgIpc) is 3.11. The van der Waals surface area contributed by atoms with Crippen molar-refractivity contribution in [1.82, 2.24) is 32.6 Å². The second-order valence-electron chi connectivity index (χ2n) is 8.22. The Labute approximate surface area is 186 Å². The van der Waals surface area contributed by atoms with Gasteiger partial charge in [0.2, 0.25) is 0 Å². The molecule has 0 bridgehead atoms. The van der Waals surface area contributed by atoms with Gasteiger partial charge in [-0.05, 0) is 6.42 Å². The lowest BCUT2D eigenvalue weighted by molar-refractivity contribution is 0.0683. The molecule has 2 aromatic rings. The van der Waals surface area contributed by atoms with Crippen LogP contribution in [0.15, 0.2) is 9.59 Å². The van der Waals surface area contributed by atoms with Crippen LogP contribution in [0, 0.1) is 0 Å². The number of aryl methyl sites for hydroxylation is 2. The van der Waals surface area contributed by atoms with E-state index >= 15 is 0 Å². The van der Waals surface area contributed by atoms with Crippen LogP contribution in [0.4, 0.5) is 0 Å². The summed E-state index contributed by atoms with van der Waals surface area (Å²) < 4.78 is 37.2. The maximum atomic E-state index is 12.9. The van der Waals surface area contributed by atoms with E-state index in [4.69, 9.17) is 4.74 Å². The van der Waals surface area contributed by atoms with Gasteiger partial charge in [-0.1, -0.05) is 13.3 Å². The number of piperazine rings is 1. The molecular formula is C19H31N7O5S. The van der Waals surface area contributed by atoms with Crippen molar-refractivity contribution in [3.05, 3.63) is 26.7 Å².